The summed E-state index contributed by atoms with van der Waals surface area (Å²) in [5.74, 6) is 0.0241. The van der Waals surface area contributed by atoms with Gasteiger partial charge in [0.15, 0.2) is 17.4 Å². The minimum atomic E-state index is -0.956. The zero-order valence-corrected chi connectivity index (χ0v) is 11.6. The van der Waals surface area contributed by atoms with Gasteiger partial charge in [0.25, 0.3) is 0 Å². The molecule has 18 heavy (non-hydrogen) atoms. The molecule has 2 atom stereocenters. The van der Waals surface area contributed by atoms with Crippen molar-refractivity contribution in [2.75, 3.05) is 11.5 Å². The van der Waals surface area contributed by atoms with E-state index in [-0.39, 0.29) is 21.8 Å². The second-order valence-electron chi connectivity index (χ2n) is 4.10. The number of hydrogen-bond acceptors (Lipinski definition) is 3. The van der Waals surface area contributed by atoms with Crippen LogP contribution in [0.5, 0.6) is 0 Å². The fraction of sp³-hybridized carbons (Fsp3) is 0.462. The molecule has 1 aromatic rings. The predicted molar refractivity (Wildman–Crippen MR) is 73.5 cm³/mol. The first-order valence-electron chi connectivity index (χ1n) is 5.86. The molecule has 0 amide bonds. The van der Waals surface area contributed by atoms with Crippen LogP contribution in [-0.2, 0) is 0 Å². The highest BCUT2D eigenvalue weighted by molar-refractivity contribution is 8.07. The van der Waals surface area contributed by atoms with Crippen LogP contribution in [0.25, 0.3) is 0 Å². The summed E-state index contributed by atoms with van der Waals surface area (Å²) in [6.45, 7) is 2.05. The van der Waals surface area contributed by atoms with Crippen LogP contribution in [0.4, 0.5) is 8.78 Å². The lowest BCUT2D eigenvalue weighted by molar-refractivity contribution is 0.0987. The molecular formula is C13H14F2OS2. The molecule has 1 aromatic carbocycles. The van der Waals surface area contributed by atoms with E-state index in [9.17, 15) is 13.6 Å². The van der Waals surface area contributed by atoms with Crippen LogP contribution in [0.1, 0.15) is 23.7 Å². The lowest BCUT2D eigenvalue weighted by atomic mass is 10.0. The average Bonchev–Trinajstić information content (AvgIpc) is 2.41. The van der Waals surface area contributed by atoms with Gasteiger partial charge >= 0.3 is 0 Å². The van der Waals surface area contributed by atoms with Crippen molar-refractivity contribution < 1.29 is 13.6 Å². The van der Waals surface area contributed by atoms with Crippen molar-refractivity contribution in [3.05, 3.63) is 35.4 Å². The predicted octanol–water partition coefficient (Wildman–Crippen LogP) is 3.77. The first-order chi connectivity index (χ1) is 8.63. The first kappa shape index (κ1) is 13.9. The zero-order chi connectivity index (χ0) is 13.1. The number of carbonyl (C=O) groups excluding carboxylic acids is 1. The molecular weight excluding hydrogens is 274 g/mol. The van der Waals surface area contributed by atoms with Crippen LogP contribution in [0.3, 0.4) is 0 Å². The Morgan fingerprint density at radius 1 is 1.28 bits per heavy atom. The van der Waals surface area contributed by atoms with Gasteiger partial charge in [-0.25, -0.2) is 8.78 Å². The summed E-state index contributed by atoms with van der Waals surface area (Å²) in [4.78, 5) is 12.3. The Bertz CT molecular complexity index is 451. The highest BCUT2D eigenvalue weighted by Crippen LogP contribution is 2.35. The first-order valence-corrected chi connectivity index (χ1v) is 7.95. The third kappa shape index (κ3) is 2.88. The fourth-order valence-corrected chi connectivity index (χ4v) is 4.99. The number of carbonyl (C=O) groups is 1. The molecule has 2 unspecified atom stereocenters. The Hall–Kier alpha value is -0.550. The SMILES string of the molecule is CCC1SCCSC1C(=O)c1ccc(F)c(F)c1. The van der Waals surface area contributed by atoms with Crippen LogP contribution in [0.15, 0.2) is 18.2 Å². The van der Waals surface area contributed by atoms with E-state index < -0.39 is 11.6 Å². The van der Waals surface area contributed by atoms with Crippen LogP contribution < -0.4 is 0 Å². The Kier molecular flexibility index (Phi) is 4.67. The summed E-state index contributed by atoms with van der Waals surface area (Å²) in [6, 6.07) is 3.39. The maximum Gasteiger partial charge on any atom is 0.177 e. The molecule has 1 aliphatic heterocycles. The minimum absolute atomic E-state index is 0.0852. The molecule has 0 N–H and O–H groups in total. The van der Waals surface area contributed by atoms with Crippen molar-refractivity contribution >= 4 is 29.3 Å². The highest BCUT2D eigenvalue weighted by Gasteiger charge is 2.31. The quantitative estimate of drug-likeness (QED) is 0.788. The summed E-state index contributed by atoms with van der Waals surface area (Å²) in [6.07, 6.45) is 0.914. The largest absolute Gasteiger partial charge is 0.293 e. The van der Waals surface area contributed by atoms with Crippen molar-refractivity contribution in [3.63, 3.8) is 0 Å². The minimum Gasteiger partial charge on any atom is -0.293 e. The van der Waals surface area contributed by atoms with E-state index in [2.05, 4.69) is 6.92 Å². The second-order valence-corrected chi connectivity index (χ2v) is 6.70. The molecule has 5 heteroatoms. The van der Waals surface area contributed by atoms with Gasteiger partial charge in [0.1, 0.15) is 0 Å². The van der Waals surface area contributed by atoms with Crippen molar-refractivity contribution in [2.45, 2.75) is 23.8 Å². The summed E-state index contributed by atoms with van der Waals surface area (Å²) in [5.41, 5.74) is 0.271. The van der Waals surface area contributed by atoms with Crippen LogP contribution in [0, 0.1) is 11.6 Å². The third-order valence-corrected chi connectivity index (χ3v) is 6.16. The number of benzene rings is 1. The van der Waals surface area contributed by atoms with Crippen molar-refractivity contribution in [3.8, 4) is 0 Å². The van der Waals surface area contributed by atoms with Gasteiger partial charge in [0.2, 0.25) is 0 Å². The molecule has 1 nitrogen and oxygen atoms in total. The molecule has 0 radical (unpaired) electrons. The van der Waals surface area contributed by atoms with Crippen molar-refractivity contribution in [1.29, 1.82) is 0 Å². The van der Waals surface area contributed by atoms with E-state index in [1.54, 1.807) is 23.5 Å². The van der Waals surface area contributed by atoms with Crippen LogP contribution >= 0.6 is 23.5 Å². The van der Waals surface area contributed by atoms with Gasteiger partial charge in [0, 0.05) is 22.3 Å². The Morgan fingerprint density at radius 3 is 2.67 bits per heavy atom. The molecule has 1 aliphatic rings. The van der Waals surface area contributed by atoms with Gasteiger partial charge in [-0.1, -0.05) is 6.92 Å². The Morgan fingerprint density at radius 2 is 2.00 bits per heavy atom. The molecule has 0 spiro atoms. The fourth-order valence-electron chi connectivity index (χ4n) is 1.96. The van der Waals surface area contributed by atoms with Gasteiger partial charge in [-0.15, -0.1) is 11.8 Å². The summed E-state index contributed by atoms with van der Waals surface area (Å²) < 4.78 is 26.0. The molecule has 2 rings (SSSR count). The van der Waals surface area contributed by atoms with Gasteiger partial charge in [-0.05, 0) is 24.6 Å². The lowest BCUT2D eigenvalue weighted by Crippen LogP contribution is -2.32. The molecule has 0 aromatic heterocycles. The molecule has 0 bridgehead atoms. The maximum absolute atomic E-state index is 13.1. The standard InChI is InChI=1S/C13H14F2OS2/c1-2-11-13(18-6-5-17-11)12(16)8-3-4-9(14)10(15)7-8/h3-4,7,11,13H,2,5-6H2,1H3. The lowest BCUT2D eigenvalue weighted by Gasteiger charge is -2.28. The molecule has 1 fully saturated rings. The van der Waals surface area contributed by atoms with E-state index in [0.717, 1.165) is 30.1 Å². The smallest absolute Gasteiger partial charge is 0.177 e. The summed E-state index contributed by atoms with van der Waals surface area (Å²) in [5, 5.41) is 0.128. The number of rotatable bonds is 3. The van der Waals surface area contributed by atoms with Crippen LogP contribution in [-0.4, -0.2) is 27.8 Å². The van der Waals surface area contributed by atoms with Gasteiger partial charge in [-0.2, -0.15) is 11.8 Å². The van der Waals surface area contributed by atoms with E-state index in [4.69, 9.17) is 0 Å². The normalized spacial score (nSPS) is 23.9. The maximum atomic E-state index is 13.1. The van der Waals surface area contributed by atoms with E-state index in [1.165, 1.54) is 6.07 Å². The molecule has 0 aliphatic carbocycles. The zero-order valence-electron chi connectivity index (χ0n) is 9.99. The van der Waals surface area contributed by atoms with Crippen LogP contribution in [0.2, 0.25) is 0 Å². The molecule has 1 saturated heterocycles. The van der Waals surface area contributed by atoms with Gasteiger partial charge < -0.3 is 0 Å². The van der Waals surface area contributed by atoms with E-state index in [0.29, 0.717) is 0 Å². The second kappa shape index (κ2) is 6.06. The number of hydrogen-bond donors (Lipinski definition) is 0. The van der Waals surface area contributed by atoms with E-state index in [1.807, 2.05) is 0 Å². The number of Topliss-reactive ketones (excluding diaryl/α,β-unsaturated/α-hetero) is 1. The monoisotopic (exact) mass is 288 g/mol. The highest BCUT2D eigenvalue weighted by atomic mass is 32.2. The summed E-state index contributed by atoms with van der Waals surface area (Å²) >= 11 is 3.41. The summed E-state index contributed by atoms with van der Waals surface area (Å²) in [7, 11) is 0. The Balaban J connectivity index is 2.21. The number of ketones is 1. The van der Waals surface area contributed by atoms with E-state index >= 15 is 0 Å². The molecule has 98 valence electrons. The number of thioether (sulfide) groups is 2. The third-order valence-electron chi connectivity index (χ3n) is 2.92. The van der Waals surface area contributed by atoms with Gasteiger partial charge in [-0.3, -0.25) is 4.79 Å². The average molecular weight is 288 g/mol. The Labute approximate surface area is 114 Å². The number of halogens is 2. The molecule has 1 heterocycles. The van der Waals surface area contributed by atoms with Gasteiger partial charge in [0.05, 0.1) is 5.25 Å². The van der Waals surface area contributed by atoms with Crippen molar-refractivity contribution in [1.82, 2.24) is 0 Å². The topological polar surface area (TPSA) is 17.1 Å². The van der Waals surface area contributed by atoms with Crippen molar-refractivity contribution in [2.24, 2.45) is 0 Å². The molecule has 0 saturated carbocycles.